The first kappa shape index (κ1) is 15.9. The molecule has 0 radical (unpaired) electrons. The maximum Gasteiger partial charge on any atom is 0.323 e. The summed E-state index contributed by atoms with van der Waals surface area (Å²) in [5, 5.41) is 10.0. The van der Waals surface area contributed by atoms with Gasteiger partial charge in [-0.05, 0) is 20.8 Å². The summed E-state index contributed by atoms with van der Waals surface area (Å²) < 4.78 is 14.3. The molecular weight excluding hydrogens is 228 g/mol. The molecule has 0 saturated heterocycles. The second kappa shape index (κ2) is 7.24. The van der Waals surface area contributed by atoms with Crippen LogP contribution in [0.4, 0.5) is 0 Å². The maximum atomic E-state index is 11.6. The summed E-state index contributed by atoms with van der Waals surface area (Å²) in [7, 11) is 1.36. The highest BCUT2D eigenvalue weighted by Gasteiger charge is 2.45. The molecule has 1 atom stereocenters. The Balaban J connectivity index is 4.95. The molecule has 0 aliphatic rings. The van der Waals surface area contributed by atoms with Gasteiger partial charge in [0.1, 0.15) is 5.60 Å². The minimum absolute atomic E-state index is 0.123. The summed E-state index contributed by atoms with van der Waals surface area (Å²) in [6.07, 6.45) is 0. The maximum absolute atomic E-state index is 11.6. The number of carbonyl (C=O) groups excluding carboxylic acids is 2. The van der Waals surface area contributed by atoms with Gasteiger partial charge in [0, 0.05) is 7.11 Å². The summed E-state index contributed by atoms with van der Waals surface area (Å²) in [6, 6.07) is 0. The van der Waals surface area contributed by atoms with Crippen molar-refractivity contribution in [3.05, 3.63) is 0 Å². The number of methoxy groups -OCH3 is 1. The van der Waals surface area contributed by atoms with Gasteiger partial charge in [0.2, 0.25) is 0 Å². The lowest BCUT2D eigenvalue weighted by atomic mass is 9.90. The van der Waals surface area contributed by atoms with Crippen molar-refractivity contribution in [2.24, 2.45) is 5.92 Å². The molecule has 0 aromatic carbocycles. The van der Waals surface area contributed by atoms with Gasteiger partial charge in [-0.25, -0.2) is 0 Å². The minimum atomic E-state index is -1.66. The molecule has 0 fully saturated rings. The van der Waals surface area contributed by atoms with Crippen molar-refractivity contribution in [2.45, 2.75) is 26.4 Å². The standard InChI is InChI=1S/C11H20O6/c1-5-16-9(12)8(10(13)17-6-2)11(3,14)7-15-4/h8,14H,5-7H2,1-4H3. The van der Waals surface area contributed by atoms with E-state index in [1.54, 1.807) is 13.8 Å². The van der Waals surface area contributed by atoms with E-state index in [2.05, 4.69) is 0 Å². The van der Waals surface area contributed by atoms with E-state index in [1.165, 1.54) is 14.0 Å². The highest BCUT2D eigenvalue weighted by Crippen LogP contribution is 2.21. The Kier molecular flexibility index (Phi) is 6.75. The third kappa shape index (κ3) is 4.70. The second-order valence-corrected chi connectivity index (χ2v) is 3.73. The number of hydrogen-bond donors (Lipinski definition) is 1. The van der Waals surface area contributed by atoms with Crippen LogP contribution in [0.5, 0.6) is 0 Å². The largest absolute Gasteiger partial charge is 0.465 e. The zero-order valence-electron chi connectivity index (χ0n) is 10.7. The van der Waals surface area contributed by atoms with Crippen molar-refractivity contribution in [3.8, 4) is 0 Å². The first-order chi connectivity index (χ1) is 7.90. The van der Waals surface area contributed by atoms with Crippen molar-refractivity contribution >= 4 is 11.9 Å². The summed E-state index contributed by atoms with van der Waals surface area (Å²) in [6.45, 7) is 4.64. The number of rotatable bonds is 7. The fourth-order valence-corrected chi connectivity index (χ4v) is 1.43. The van der Waals surface area contributed by atoms with Gasteiger partial charge in [0.25, 0.3) is 0 Å². The zero-order chi connectivity index (χ0) is 13.5. The lowest BCUT2D eigenvalue weighted by molar-refractivity contribution is -0.177. The highest BCUT2D eigenvalue weighted by atomic mass is 16.6. The Morgan fingerprint density at radius 3 is 1.88 bits per heavy atom. The Hall–Kier alpha value is -1.14. The van der Waals surface area contributed by atoms with E-state index in [4.69, 9.17) is 14.2 Å². The number of ether oxygens (including phenoxy) is 3. The SMILES string of the molecule is CCOC(=O)C(C(=O)OCC)C(C)(O)COC. The Morgan fingerprint density at radius 2 is 1.59 bits per heavy atom. The molecule has 0 bridgehead atoms. The predicted molar refractivity (Wildman–Crippen MR) is 59.3 cm³/mol. The summed E-state index contributed by atoms with van der Waals surface area (Å²) >= 11 is 0. The molecular formula is C11H20O6. The fourth-order valence-electron chi connectivity index (χ4n) is 1.43. The molecule has 0 saturated carbocycles. The van der Waals surface area contributed by atoms with Crippen molar-refractivity contribution in [1.82, 2.24) is 0 Å². The van der Waals surface area contributed by atoms with E-state index < -0.39 is 23.5 Å². The second-order valence-electron chi connectivity index (χ2n) is 3.73. The van der Waals surface area contributed by atoms with Crippen LogP contribution in [0.3, 0.4) is 0 Å². The summed E-state index contributed by atoms with van der Waals surface area (Å²) in [4.78, 5) is 23.3. The van der Waals surface area contributed by atoms with Crippen LogP contribution in [-0.2, 0) is 23.8 Å². The quantitative estimate of drug-likeness (QED) is 0.509. The van der Waals surface area contributed by atoms with E-state index in [0.29, 0.717) is 0 Å². The third-order valence-electron chi connectivity index (χ3n) is 2.10. The third-order valence-corrected chi connectivity index (χ3v) is 2.10. The van der Waals surface area contributed by atoms with Crippen LogP contribution in [0, 0.1) is 5.92 Å². The average molecular weight is 248 g/mol. The van der Waals surface area contributed by atoms with Crippen LogP contribution in [-0.4, -0.2) is 49.6 Å². The normalized spacial score (nSPS) is 14.2. The Morgan fingerprint density at radius 1 is 1.18 bits per heavy atom. The average Bonchev–Trinajstić information content (AvgIpc) is 2.17. The lowest BCUT2D eigenvalue weighted by Crippen LogP contribution is -2.49. The first-order valence-electron chi connectivity index (χ1n) is 5.45. The molecule has 0 aromatic rings. The summed E-state index contributed by atoms with van der Waals surface area (Å²) in [5.41, 5.74) is -1.66. The number of esters is 2. The van der Waals surface area contributed by atoms with Crippen molar-refractivity contribution in [3.63, 3.8) is 0 Å². The lowest BCUT2D eigenvalue weighted by Gasteiger charge is -2.28. The molecule has 100 valence electrons. The number of hydrogen-bond acceptors (Lipinski definition) is 6. The monoisotopic (exact) mass is 248 g/mol. The molecule has 0 heterocycles. The Labute approximate surface area is 101 Å². The number of aliphatic hydroxyl groups is 1. The first-order valence-corrected chi connectivity index (χ1v) is 5.45. The predicted octanol–water partition coefficient (Wildman–Crippen LogP) is 0.126. The zero-order valence-corrected chi connectivity index (χ0v) is 10.7. The molecule has 6 heteroatoms. The molecule has 1 N–H and O–H groups in total. The van der Waals surface area contributed by atoms with Crippen LogP contribution in [0.2, 0.25) is 0 Å². The minimum Gasteiger partial charge on any atom is -0.465 e. The van der Waals surface area contributed by atoms with Gasteiger partial charge in [-0.3, -0.25) is 9.59 Å². The van der Waals surface area contributed by atoms with Gasteiger partial charge in [-0.2, -0.15) is 0 Å². The van der Waals surface area contributed by atoms with Gasteiger partial charge in [0.05, 0.1) is 19.8 Å². The molecule has 0 aliphatic carbocycles. The molecule has 17 heavy (non-hydrogen) atoms. The number of carbonyl (C=O) groups is 2. The van der Waals surface area contributed by atoms with Gasteiger partial charge >= 0.3 is 11.9 Å². The molecule has 0 amide bonds. The topological polar surface area (TPSA) is 82.1 Å². The van der Waals surface area contributed by atoms with Crippen molar-refractivity contribution in [2.75, 3.05) is 26.9 Å². The van der Waals surface area contributed by atoms with Gasteiger partial charge in [-0.15, -0.1) is 0 Å². The van der Waals surface area contributed by atoms with Gasteiger partial charge in [0.15, 0.2) is 5.92 Å². The van der Waals surface area contributed by atoms with E-state index in [1.807, 2.05) is 0 Å². The van der Waals surface area contributed by atoms with E-state index in [0.717, 1.165) is 0 Å². The smallest absolute Gasteiger partial charge is 0.323 e. The van der Waals surface area contributed by atoms with Gasteiger partial charge in [-0.1, -0.05) is 0 Å². The van der Waals surface area contributed by atoms with E-state index >= 15 is 0 Å². The van der Waals surface area contributed by atoms with Crippen LogP contribution < -0.4 is 0 Å². The van der Waals surface area contributed by atoms with E-state index in [-0.39, 0.29) is 19.8 Å². The highest BCUT2D eigenvalue weighted by molar-refractivity contribution is 5.96. The molecule has 0 aliphatic heterocycles. The van der Waals surface area contributed by atoms with Crippen LogP contribution >= 0.6 is 0 Å². The molecule has 1 unspecified atom stereocenters. The molecule has 0 aromatic heterocycles. The Bertz CT molecular complexity index is 243. The molecule has 0 rings (SSSR count). The van der Waals surface area contributed by atoms with Crippen molar-refractivity contribution in [1.29, 1.82) is 0 Å². The van der Waals surface area contributed by atoms with Crippen LogP contribution in [0.15, 0.2) is 0 Å². The van der Waals surface area contributed by atoms with Crippen LogP contribution in [0.25, 0.3) is 0 Å². The van der Waals surface area contributed by atoms with Crippen molar-refractivity contribution < 1.29 is 28.9 Å². The summed E-state index contributed by atoms with van der Waals surface area (Å²) in [5.74, 6) is -3.02. The molecule has 0 spiro atoms. The van der Waals surface area contributed by atoms with Crippen LogP contribution in [0.1, 0.15) is 20.8 Å². The fraction of sp³-hybridized carbons (Fsp3) is 0.818. The van der Waals surface area contributed by atoms with E-state index in [9.17, 15) is 14.7 Å². The van der Waals surface area contributed by atoms with Gasteiger partial charge < -0.3 is 19.3 Å². The molecule has 6 nitrogen and oxygen atoms in total.